The summed E-state index contributed by atoms with van der Waals surface area (Å²) in [5.41, 5.74) is 1.43. The minimum atomic E-state index is -0.934. The Morgan fingerprint density at radius 3 is 2.70 bits per heavy atom. The second kappa shape index (κ2) is 6.86. The Kier molecular flexibility index (Phi) is 4.53. The third-order valence-corrected chi connectivity index (χ3v) is 5.49. The first kappa shape index (κ1) is 17.8. The number of benzene rings is 1. The van der Waals surface area contributed by atoms with Crippen molar-refractivity contribution < 1.29 is 19.2 Å². The van der Waals surface area contributed by atoms with Crippen molar-refractivity contribution in [3.05, 3.63) is 34.9 Å². The van der Waals surface area contributed by atoms with E-state index in [4.69, 9.17) is 0 Å². The number of hydrogen-bond donors (Lipinski definition) is 3. The van der Waals surface area contributed by atoms with Gasteiger partial charge in [0.1, 0.15) is 6.04 Å². The molecule has 0 aromatic heterocycles. The van der Waals surface area contributed by atoms with Crippen LogP contribution in [-0.2, 0) is 16.1 Å². The van der Waals surface area contributed by atoms with Gasteiger partial charge in [-0.1, -0.05) is 12.1 Å². The molecule has 142 valence electrons. The molecule has 2 fully saturated rings. The molecule has 0 spiro atoms. The van der Waals surface area contributed by atoms with Crippen LogP contribution >= 0.6 is 0 Å². The summed E-state index contributed by atoms with van der Waals surface area (Å²) in [6, 6.07) is 5.03. The number of hydrogen-bond acceptors (Lipinski definition) is 6. The van der Waals surface area contributed by atoms with Crippen LogP contribution in [0.15, 0.2) is 18.2 Å². The van der Waals surface area contributed by atoms with Crippen molar-refractivity contribution in [2.45, 2.75) is 50.9 Å². The molecule has 27 heavy (non-hydrogen) atoms. The van der Waals surface area contributed by atoms with Crippen LogP contribution in [0.5, 0.6) is 0 Å². The van der Waals surface area contributed by atoms with Gasteiger partial charge in [-0.2, -0.15) is 0 Å². The van der Waals surface area contributed by atoms with E-state index in [2.05, 4.69) is 22.9 Å². The summed E-state index contributed by atoms with van der Waals surface area (Å²) in [6.45, 7) is 3.47. The van der Waals surface area contributed by atoms with Gasteiger partial charge >= 0.3 is 0 Å². The number of carbonyl (C=O) groups is 4. The molecule has 0 aliphatic carbocycles. The van der Waals surface area contributed by atoms with E-state index >= 15 is 0 Å². The molecule has 3 heterocycles. The van der Waals surface area contributed by atoms with Crippen molar-refractivity contribution in [1.29, 1.82) is 0 Å². The zero-order valence-corrected chi connectivity index (χ0v) is 15.1. The summed E-state index contributed by atoms with van der Waals surface area (Å²) >= 11 is 0. The average molecular weight is 370 g/mol. The van der Waals surface area contributed by atoms with E-state index in [1.54, 1.807) is 12.1 Å². The predicted molar refractivity (Wildman–Crippen MR) is 95.8 cm³/mol. The van der Waals surface area contributed by atoms with Crippen molar-refractivity contribution in [3.63, 3.8) is 0 Å². The second-order valence-electron chi connectivity index (χ2n) is 7.41. The molecule has 4 amide bonds. The largest absolute Gasteiger partial charge is 0.313 e. The van der Waals surface area contributed by atoms with Crippen LogP contribution in [0.1, 0.15) is 52.5 Å². The van der Waals surface area contributed by atoms with E-state index in [1.807, 2.05) is 6.07 Å². The number of nitrogens with zero attached hydrogens (tertiary/aromatic N) is 1. The third-order valence-electron chi connectivity index (χ3n) is 5.49. The van der Waals surface area contributed by atoms with E-state index < -0.39 is 23.8 Å². The molecule has 4 rings (SSSR count). The Labute approximate surface area is 156 Å². The Morgan fingerprint density at radius 2 is 2.00 bits per heavy atom. The number of carbonyl (C=O) groups excluding carboxylic acids is 4. The van der Waals surface area contributed by atoms with Crippen LogP contribution in [0, 0.1) is 0 Å². The van der Waals surface area contributed by atoms with Gasteiger partial charge in [-0.3, -0.25) is 29.4 Å². The van der Waals surface area contributed by atoms with Crippen LogP contribution in [0.3, 0.4) is 0 Å². The lowest BCUT2D eigenvalue weighted by Gasteiger charge is -2.27. The van der Waals surface area contributed by atoms with Crippen LogP contribution in [0.25, 0.3) is 0 Å². The van der Waals surface area contributed by atoms with Crippen LogP contribution < -0.4 is 16.0 Å². The average Bonchev–Trinajstić information content (AvgIpc) is 3.16. The van der Waals surface area contributed by atoms with E-state index in [-0.39, 0.29) is 18.7 Å². The molecule has 3 atom stereocenters. The van der Waals surface area contributed by atoms with Gasteiger partial charge < -0.3 is 10.6 Å². The third kappa shape index (κ3) is 3.15. The number of fused-ring (bicyclic) bond motifs is 1. The maximum atomic E-state index is 13.0. The van der Waals surface area contributed by atoms with Gasteiger partial charge in [-0.05, 0) is 31.4 Å². The molecule has 3 unspecified atom stereocenters. The van der Waals surface area contributed by atoms with Gasteiger partial charge in [0.05, 0.1) is 11.1 Å². The molecule has 8 heteroatoms. The summed E-state index contributed by atoms with van der Waals surface area (Å²) < 4.78 is 0. The number of amides is 4. The smallest absolute Gasteiger partial charge is 0.262 e. The molecule has 8 nitrogen and oxygen atoms in total. The topological polar surface area (TPSA) is 108 Å². The van der Waals surface area contributed by atoms with Crippen LogP contribution in [0.4, 0.5) is 0 Å². The van der Waals surface area contributed by atoms with Gasteiger partial charge in [-0.25, -0.2) is 0 Å². The first-order valence-electron chi connectivity index (χ1n) is 9.26. The SMILES string of the molecule is CC1CC(NCc2cccc3c2C(=O)N(C2CCC(=O)NC2=O)C3=O)CN1. The summed E-state index contributed by atoms with van der Waals surface area (Å²) in [5, 5.41) is 9.01. The lowest BCUT2D eigenvalue weighted by Crippen LogP contribution is -2.54. The fourth-order valence-electron chi connectivity index (χ4n) is 4.08. The summed E-state index contributed by atoms with van der Waals surface area (Å²) in [4.78, 5) is 50.3. The highest BCUT2D eigenvalue weighted by Gasteiger charge is 2.45. The lowest BCUT2D eigenvalue weighted by atomic mass is 10.0. The Bertz CT molecular complexity index is 837. The van der Waals surface area contributed by atoms with Crippen molar-refractivity contribution >= 4 is 23.6 Å². The second-order valence-corrected chi connectivity index (χ2v) is 7.41. The highest BCUT2D eigenvalue weighted by Crippen LogP contribution is 2.30. The monoisotopic (exact) mass is 370 g/mol. The maximum absolute atomic E-state index is 13.0. The molecule has 1 aromatic carbocycles. The maximum Gasteiger partial charge on any atom is 0.262 e. The molecule has 0 bridgehead atoms. The predicted octanol–water partition coefficient (Wildman–Crippen LogP) is -0.0722. The van der Waals surface area contributed by atoms with E-state index in [1.165, 1.54) is 0 Å². The quantitative estimate of drug-likeness (QED) is 0.641. The highest BCUT2D eigenvalue weighted by molar-refractivity contribution is 6.24. The van der Waals surface area contributed by atoms with E-state index in [0.29, 0.717) is 29.8 Å². The minimum Gasteiger partial charge on any atom is -0.313 e. The van der Waals surface area contributed by atoms with Gasteiger partial charge in [-0.15, -0.1) is 0 Å². The standard InChI is InChI=1S/C19H22N4O4/c1-10-7-12(9-20-10)21-8-11-3-2-4-13-16(11)19(27)23(18(13)26)14-5-6-15(24)22-17(14)25/h2-4,10,12,14,20-21H,5-9H2,1H3,(H,22,24,25). The molecule has 1 aromatic rings. The van der Waals surface area contributed by atoms with Crippen LogP contribution in [0.2, 0.25) is 0 Å². The fraction of sp³-hybridized carbons (Fsp3) is 0.474. The zero-order valence-electron chi connectivity index (χ0n) is 15.1. The van der Waals surface area contributed by atoms with Crippen molar-refractivity contribution in [3.8, 4) is 0 Å². The Morgan fingerprint density at radius 1 is 1.19 bits per heavy atom. The number of imide groups is 2. The number of piperidine rings is 1. The normalized spacial score (nSPS) is 27.9. The van der Waals surface area contributed by atoms with Crippen LogP contribution in [-0.4, -0.2) is 53.2 Å². The van der Waals surface area contributed by atoms with E-state index in [9.17, 15) is 19.2 Å². The number of nitrogens with one attached hydrogen (secondary N) is 3. The molecule has 2 saturated heterocycles. The zero-order chi connectivity index (χ0) is 19.1. The number of rotatable bonds is 4. The lowest BCUT2D eigenvalue weighted by molar-refractivity contribution is -0.136. The van der Waals surface area contributed by atoms with Gasteiger partial charge in [0, 0.05) is 31.6 Å². The molecule has 3 N–H and O–H groups in total. The van der Waals surface area contributed by atoms with E-state index in [0.717, 1.165) is 23.4 Å². The van der Waals surface area contributed by atoms with Crippen molar-refractivity contribution in [2.75, 3.05) is 6.54 Å². The summed E-state index contributed by atoms with van der Waals surface area (Å²) in [6.07, 6.45) is 1.28. The van der Waals surface area contributed by atoms with Gasteiger partial charge in [0.15, 0.2) is 0 Å². The molecule has 0 radical (unpaired) electrons. The molecule has 3 aliphatic rings. The molecular weight excluding hydrogens is 348 g/mol. The highest BCUT2D eigenvalue weighted by atomic mass is 16.2. The first-order chi connectivity index (χ1) is 13.0. The van der Waals surface area contributed by atoms with Crippen molar-refractivity contribution in [2.24, 2.45) is 0 Å². The Hall–Kier alpha value is -2.58. The Balaban J connectivity index is 1.56. The summed E-state index contributed by atoms with van der Waals surface area (Å²) in [7, 11) is 0. The van der Waals surface area contributed by atoms with Crippen molar-refractivity contribution in [1.82, 2.24) is 20.9 Å². The van der Waals surface area contributed by atoms with Gasteiger partial charge in [0.2, 0.25) is 11.8 Å². The summed E-state index contributed by atoms with van der Waals surface area (Å²) in [5.74, 6) is -1.90. The fourth-order valence-corrected chi connectivity index (χ4v) is 4.08. The molecule has 0 saturated carbocycles. The van der Waals surface area contributed by atoms with Gasteiger partial charge in [0.25, 0.3) is 11.8 Å². The molecule has 3 aliphatic heterocycles. The molecular formula is C19H22N4O4. The minimum absolute atomic E-state index is 0.116. The first-order valence-corrected chi connectivity index (χ1v) is 9.26.